The predicted octanol–water partition coefficient (Wildman–Crippen LogP) is 2.78. The summed E-state index contributed by atoms with van der Waals surface area (Å²) in [5.41, 5.74) is 2.10. The lowest BCUT2D eigenvalue weighted by Crippen LogP contribution is -2.17. The number of para-hydroxylation sites is 2. The van der Waals surface area contributed by atoms with Crippen LogP contribution >= 0.6 is 0 Å². The average Bonchev–Trinajstić information content (AvgIpc) is 2.54. The van der Waals surface area contributed by atoms with Crippen molar-refractivity contribution in [2.45, 2.75) is 0 Å². The van der Waals surface area contributed by atoms with Crippen LogP contribution in [0.15, 0.2) is 54.7 Å². The minimum atomic E-state index is -0.162. The monoisotopic (exact) mass is 279 g/mol. The van der Waals surface area contributed by atoms with Gasteiger partial charge in [0.25, 0.3) is 5.91 Å². The largest absolute Gasteiger partial charge is 0.437 e. The number of carbonyl (C=O) groups is 1. The van der Waals surface area contributed by atoms with E-state index in [1.54, 1.807) is 37.5 Å². The number of fused-ring (bicyclic) bond motifs is 1. The molecule has 0 saturated heterocycles. The van der Waals surface area contributed by atoms with Crippen LogP contribution in [0.4, 0.5) is 0 Å². The van der Waals surface area contributed by atoms with Gasteiger partial charge in [0.2, 0.25) is 5.88 Å². The van der Waals surface area contributed by atoms with Crippen LogP contribution in [0.5, 0.6) is 11.6 Å². The molecule has 0 radical (unpaired) electrons. The highest BCUT2D eigenvalue weighted by atomic mass is 16.5. The number of nitrogens with one attached hydrogen (secondary N) is 1. The minimum absolute atomic E-state index is 0.162. The van der Waals surface area contributed by atoms with Gasteiger partial charge in [-0.1, -0.05) is 18.2 Å². The van der Waals surface area contributed by atoms with Crippen LogP contribution in [0.1, 0.15) is 10.4 Å². The molecule has 3 rings (SSSR count). The molecule has 0 spiro atoms. The molecular formula is C16H13N3O2. The van der Waals surface area contributed by atoms with E-state index >= 15 is 0 Å². The van der Waals surface area contributed by atoms with Gasteiger partial charge in [-0.2, -0.15) is 0 Å². The summed E-state index contributed by atoms with van der Waals surface area (Å²) in [6.07, 6.45) is 1.56. The first kappa shape index (κ1) is 13.1. The molecular weight excluding hydrogens is 266 g/mol. The zero-order valence-corrected chi connectivity index (χ0v) is 11.4. The lowest BCUT2D eigenvalue weighted by atomic mass is 10.2. The lowest BCUT2D eigenvalue weighted by molar-refractivity contribution is 0.0963. The number of aromatic nitrogens is 2. The maximum Gasteiger partial charge on any atom is 0.251 e. The second-order valence-electron chi connectivity index (χ2n) is 4.41. The van der Waals surface area contributed by atoms with E-state index in [4.69, 9.17) is 4.74 Å². The molecule has 21 heavy (non-hydrogen) atoms. The number of benzene rings is 2. The maximum atomic E-state index is 11.6. The molecule has 0 unspecified atom stereocenters. The van der Waals surface area contributed by atoms with Gasteiger partial charge < -0.3 is 10.1 Å². The van der Waals surface area contributed by atoms with Crippen molar-refractivity contribution in [3.8, 4) is 11.6 Å². The van der Waals surface area contributed by atoms with Crippen molar-refractivity contribution in [3.05, 3.63) is 60.3 Å². The van der Waals surface area contributed by atoms with Crippen molar-refractivity contribution in [2.24, 2.45) is 0 Å². The standard InChI is InChI=1S/C16H13N3O2/c1-17-16(20)11-5-4-6-12(9-11)21-15-10-18-13-7-2-3-8-14(13)19-15/h2-10H,1H3,(H,17,20). The number of amides is 1. The van der Waals surface area contributed by atoms with Gasteiger partial charge >= 0.3 is 0 Å². The highest BCUT2D eigenvalue weighted by Gasteiger charge is 2.06. The van der Waals surface area contributed by atoms with Crippen molar-refractivity contribution in [1.82, 2.24) is 15.3 Å². The molecule has 5 nitrogen and oxygen atoms in total. The van der Waals surface area contributed by atoms with Crippen molar-refractivity contribution in [1.29, 1.82) is 0 Å². The Morgan fingerprint density at radius 1 is 1.10 bits per heavy atom. The van der Waals surface area contributed by atoms with Crippen LogP contribution in [-0.2, 0) is 0 Å². The lowest BCUT2D eigenvalue weighted by Gasteiger charge is -2.06. The average molecular weight is 279 g/mol. The third-order valence-electron chi connectivity index (χ3n) is 2.97. The maximum absolute atomic E-state index is 11.6. The molecule has 0 atom stereocenters. The minimum Gasteiger partial charge on any atom is -0.437 e. The van der Waals surface area contributed by atoms with E-state index < -0.39 is 0 Å². The van der Waals surface area contributed by atoms with Crippen molar-refractivity contribution in [3.63, 3.8) is 0 Å². The fourth-order valence-electron chi connectivity index (χ4n) is 1.96. The summed E-state index contributed by atoms with van der Waals surface area (Å²) in [6.45, 7) is 0. The molecule has 0 fully saturated rings. The Kier molecular flexibility index (Phi) is 3.47. The van der Waals surface area contributed by atoms with Crippen LogP contribution in [0, 0.1) is 0 Å². The fourth-order valence-corrected chi connectivity index (χ4v) is 1.96. The van der Waals surface area contributed by atoms with E-state index in [1.807, 2.05) is 24.3 Å². The first-order valence-corrected chi connectivity index (χ1v) is 6.48. The molecule has 0 bridgehead atoms. The molecule has 104 valence electrons. The van der Waals surface area contributed by atoms with Crippen LogP contribution in [-0.4, -0.2) is 22.9 Å². The fraction of sp³-hybridized carbons (Fsp3) is 0.0625. The second-order valence-corrected chi connectivity index (χ2v) is 4.41. The predicted molar refractivity (Wildman–Crippen MR) is 79.4 cm³/mol. The van der Waals surface area contributed by atoms with Crippen molar-refractivity contribution in [2.75, 3.05) is 7.05 Å². The molecule has 1 heterocycles. The van der Waals surface area contributed by atoms with Gasteiger partial charge in [0.1, 0.15) is 5.75 Å². The highest BCUT2D eigenvalue weighted by Crippen LogP contribution is 2.21. The molecule has 1 amide bonds. The van der Waals surface area contributed by atoms with Crippen molar-refractivity contribution >= 4 is 16.9 Å². The van der Waals surface area contributed by atoms with E-state index in [9.17, 15) is 4.79 Å². The number of hydrogen-bond donors (Lipinski definition) is 1. The first-order valence-electron chi connectivity index (χ1n) is 6.48. The Morgan fingerprint density at radius 2 is 1.90 bits per heavy atom. The third kappa shape index (κ3) is 2.81. The molecule has 3 aromatic rings. The number of nitrogens with zero attached hydrogens (tertiary/aromatic N) is 2. The van der Waals surface area contributed by atoms with Gasteiger partial charge in [-0.3, -0.25) is 4.79 Å². The summed E-state index contributed by atoms with van der Waals surface area (Å²) in [5.74, 6) is 0.772. The summed E-state index contributed by atoms with van der Waals surface area (Å²) < 4.78 is 5.67. The smallest absolute Gasteiger partial charge is 0.251 e. The Morgan fingerprint density at radius 3 is 2.71 bits per heavy atom. The van der Waals surface area contributed by atoms with Crippen LogP contribution < -0.4 is 10.1 Å². The summed E-state index contributed by atoms with van der Waals surface area (Å²) in [5, 5.41) is 2.57. The van der Waals surface area contributed by atoms with E-state index in [-0.39, 0.29) is 5.91 Å². The SMILES string of the molecule is CNC(=O)c1cccc(Oc2cnc3ccccc3n2)c1. The molecule has 0 aliphatic carbocycles. The molecule has 2 aromatic carbocycles. The first-order chi connectivity index (χ1) is 10.3. The van der Waals surface area contributed by atoms with Gasteiger partial charge in [-0.05, 0) is 30.3 Å². The zero-order chi connectivity index (χ0) is 14.7. The summed E-state index contributed by atoms with van der Waals surface area (Å²) >= 11 is 0. The summed E-state index contributed by atoms with van der Waals surface area (Å²) in [6, 6.07) is 14.5. The van der Waals surface area contributed by atoms with Crippen LogP contribution in [0.25, 0.3) is 11.0 Å². The van der Waals surface area contributed by atoms with Gasteiger partial charge in [0.15, 0.2) is 0 Å². The Hall–Kier alpha value is -2.95. The zero-order valence-electron chi connectivity index (χ0n) is 11.4. The van der Waals surface area contributed by atoms with Gasteiger partial charge in [-0.15, -0.1) is 0 Å². The summed E-state index contributed by atoms with van der Waals surface area (Å²) in [7, 11) is 1.59. The molecule has 0 aliphatic rings. The van der Waals surface area contributed by atoms with Crippen LogP contribution in [0.2, 0.25) is 0 Å². The van der Waals surface area contributed by atoms with E-state index in [1.165, 1.54) is 0 Å². The number of ether oxygens (including phenoxy) is 1. The topological polar surface area (TPSA) is 64.1 Å². The molecule has 1 aromatic heterocycles. The molecule has 0 saturated carbocycles. The van der Waals surface area contributed by atoms with Gasteiger partial charge in [-0.25, -0.2) is 9.97 Å². The number of rotatable bonds is 3. The Balaban J connectivity index is 1.89. The summed E-state index contributed by atoms with van der Waals surface area (Å²) in [4.78, 5) is 20.3. The van der Waals surface area contributed by atoms with E-state index in [2.05, 4.69) is 15.3 Å². The number of carbonyl (C=O) groups excluding carboxylic acids is 1. The van der Waals surface area contributed by atoms with E-state index in [0.717, 1.165) is 11.0 Å². The quantitative estimate of drug-likeness (QED) is 0.800. The highest BCUT2D eigenvalue weighted by molar-refractivity contribution is 5.94. The Bertz CT molecular complexity index is 802. The third-order valence-corrected chi connectivity index (χ3v) is 2.97. The molecule has 1 N–H and O–H groups in total. The molecule has 0 aliphatic heterocycles. The number of hydrogen-bond acceptors (Lipinski definition) is 4. The van der Waals surface area contributed by atoms with E-state index in [0.29, 0.717) is 17.2 Å². The van der Waals surface area contributed by atoms with Gasteiger partial charge in [0, 0.05) is 12.6 Å². The second kappa shape index (κ2) is 5.58. The van der Waals surface area contributed by atoms with Crippen molar-refractivity contribution < 1.29 is 9.53 Å². The molecule has 5 heteroatoms. The van der Waals surface area contributed by atoms with Gasteiger partial charge in [0.05, 0.1) is 17.2 Å². The Labute approximate surface area is 121 Å². The van der Waals surface area contributed by atoms with Crippen LogP contribution in [0.3, 0.4) is 0 Å². The normalized spacial score (nSPS) is 10.3.